The standard InChI is InChI=1S/C18H24N2O3/c1-3-12-23-15-10-8-14(9-11-15)19-17(21)18(22)20-16-7-5-4-6-13(16)2/h3,8-11,13,16H,1,4-7,12H2,2H3,(H,19,21)(H,20,22)/t13-,16+/m1/s1. The summed E-state index contributed by atoms with van der Waals surface area (Å²) < 4.78 is 5.36. The summed E-state index contributed by atoms with van der Waals surface area (Å²) in [5.41, 5.74) is 0.563. The van der Waals surface area contributed by atoms with Gasteiger partial charge in [-0.05, 0) is 43.0 Å². The lowest BCUT2D eigenvalue weighted by Crippen LogP contribution is -2.45. The fourth-order valence-corrected chi connectivity index (χ4v) is 2.74. The highest BCUT2D eigenvalue weighted by atomic mass is 16.5. The molecule has 0 saturated heterocycles. The topological polar surface area (TPSA) is 67.4 Å². The molecule has 0 heterocycles. The fourth-order valence-electron chi connectivity index (χ4n) is 2.74. The Hall–Kier alpha value is -2.30. The van der Waals surface area contributed by atoms with Crippen molar-refractivity contribution in [2.24, 2.45) is 5.92 Å². The van der Waals surface area contributed by atoms with E-state index in [0.29, 0.717) is 24.0 Å². The van der Waals surface area contributed by atoms with E-state index in [4.69, 9.17) is 4.74 Å². The van der Waals surface area contributed by atoms with Crippen molar-refractivity contribution < 1.29 is 14.3 Å². The van der Waals surface area contributed by atoms with Crippen molar-refractivity contribution in [3.8, 4) is 5.75 Å². The summed E-state index contributed by atoms with van der Waals surface area (Å²) in [7, 11) is 0. The molecule has 2 amide bonds. The molecule has 23 heavy (non-hydrogen) atoms. The van der Waals surface area contributed by atoms with Crippen molar-refractivity contribution in [1.82, 2.24) is 5.32 Å². The summed E-state index contributed by atoms with van der Waals surface area (Å²) >= 11 is 0. The number of nitrogens with one attached hydrogen (secondary N) is 2. The Morgan fingerprint density at radius 1 is 1.22 bits per heavy atom. The Morgan fingerprint density at radius 3 is 2.57 bits per heavy atom. The van der Waals surface area contributed by atoms with Gasteiger partial charge in [0.15, 0.2) is 0 Å². The number of hydrogen-bond donors (Lipinski definition) is 2. The quantitative estimate of drug-likeness (QED) is 0.648. The number of hydrogen-bond acceptors (Lipinski definition) is 3. The lowest BCUT2D eigenvalue weighted by molar-refractivity contribution is -0.137. The Bertz CT molecular complexity index is 554. The number of ether oxygens (including phenoxy) is 1. The lowest BCUT2D eigenvalue weighted by atomic mass is 9.86. The largest absolute Gasteiger partial charge is 0.490 e. The van der Waals surface area contributed by atoms with Crippen LogP contribution in [0.1, 0.15) is 32.6 Å². The van der Waals surface area contributed by atoms with Gasteiger partial charge in [0.05, 0.1) is 0 Å². The Labute approximate surface area is 137 Å². The van der Waals surface area contributed by atoms with Gasteiger partial charge in [-0.1, -0.05) is 32.4 Å². The maximum absolute atomic E-state index is 12.0. The second-order valence-corrected chi connectivity index (χ2v) is 5.92. The van der Waals surface area contributed by atoms with Crippen molar-refractivity contribution in [1.29, 1.82) is 0 Å². The number of amides is 2. The fraction of sp³-hybridized carbons (Fsp3) is 0.444. The molecule has 0 aromatic heterocycles. The first-order chi connectivity index (χ1) is 11.1. The monoisotopic (exact) mass is 316 g/mol. The van der Waals surface area contributed by atoms with Crippen molar-refractivity contribution in [3.63, 3.8) is 0 Å². The Kier molecular flexibility index (Phi) is 6.20. The van der Waals surface area contributed by atoms with E-state index < -0.39 is 11.8 Å². The van der Waals surface area contributed by atoms with Gasteiger partial charge in [0.2, 0.25) is 0 Å². The average Bonchev–Trinajstić information content (AvgIpc) is 2.56. The van der Waals surface area contributed by atoms with Crippen LogP contribution in [-0.2, 0) is 9.59 Å². The molecular weight excluding hydrogens is 292 g/mol. The van der Waals surface area contributed by atoms with Crippen LogP contribution < -0.4 is 15.4 Å². The minimum Gasteiger partial charge on any atom is -0.490 e. The molecule has 1 aliphatic rings. The van der Waals surface area contributed by atoms with Crippen molar-refractivity contribution in [3.05, 3.63) is 36.9 Å². The van der Waals surface area contributed by atoms with Gasteiger partial charge in [0.25, 0.3) is 0 Å². The first kappa shape index (κ1) is 17.1. The molecule has 124 valence electrons. The molecule has 2 rings (SSSR count). The number of carbonyl (C=O) groups is 2. The molecule has 0 unspecified atom stereocenters. The highest BCUT2D eigenvalue weighted by Crippen LogP contribution is 2.23. The summed E-state index contributed by atoms with van der Waals surface area (Å²) in [6, 6.07) is 6.97. The van der Waals surface area contributed by atoms with Crippen LogP contribution in [0.5, 0.6) is 5.75 Å². The minimum atomic E-state index is -0.637. The van der Waals surface area contributed by atoms with Gasteiger partial charge in [0.1, 0.15) is 12.4 Å². The average molecular weight is 316 g/mol. The van der Waals surface area contributed by atoms with E-state index in [1.807, 2.05) is 0 Å². The third kappa shape index (κ3) is 5.13. The molecule has 1 saturated carbocycles. The van der Waals surface area contributed by atoms with E-state index in [-0.39, 0.29) is 6.04 Å². The van der Waals surface area contributed by atoms with Crippen LogP contribution in [-0.4, -0.2) is 24.5 Å². The summed E-state index contributed by atoms with van der Waals surface area (Å²) in [6.45, 7) is 6.12. The highest BCUT2D eigenvalue weighted by molar-refractivity contribution is 6.39. The molecule has 1 aliphatic carbocycles. The number of benzene rings is 1. The van der Waals surface area contributed by atoms with E-state index in [9.17, 15) is 9.59 Å². The zero-order valence-corrected chi connectivity index (χ0v) is 13.5. The molecule has 1 aromatic carbocycles. The lowest BCUT2D eigenvalue weighted by Gasteiger charge is -2.29. The maximum Gasteiger partial charge on any atom is 0.313 e. The van der Waals surface area contributed by atoms with Gasteiger partial charge in [0, 0.05) is 11.7 Å². The van der Waals surface area contributed by atoms with Gasteiger partial charge in [-0.25, -0.2) is 0 Å². The minimum absolute atomic E-state index is 0.0941. The van der Waals surface area contributed by atoms with E-state index in [0.717, 1.165) is 19.3 Å². The number of rotatable bonds is 5. The number of anilines is 1. The molecule has 0 radical (unpaired) electrons. The first-order valence-corrected chi connectivity index (χ1v) is 8.05. The van der Waals surface area contributed by atoms with Gasteiger partial charge in [-0.2, -0.15) is 0 Å². The molecule has 0 aliphatic heterocycles. The molecular formula is C18H24N2O3. The van der Waals surface area contributed by atoms with Crippen molar-refractivity contribution in [2.45, 2.75) is 38.6 Å². The second-order valence-electron chi connectivity index (χ2n) is 5.92. The molecule has 1 fully saturated rings. The Morgan fingerprint density at radius 2 is 1.91 bits per heavy atom. The van der Waals surface area contributed by atoms with E-state index in [2.05, 4.69) is 24.1 Å². The first-order valence-electron chi connectivity index (χ1n) is 8.05. The van der Waals surface area contributed by atoms with Crippen LogP contribution in [0.2, 0.25) is 0 Å². The molecule has 0 bridgehead atoms. The predicted molar refractivity (Wildman–Crippen MR) is 90.3 cm³/mol. The summed E-state index contributed by atoms with van der Waals surface area (Å²) in [6.07, 6.45) is 5.99. The molecule has 1 aromatic rings. The SMILES string of the molecule is C=CCOc1ccc(NC(=O)C(=O)N[C@H]2CCCC[C@H]2C)cc1. The molecule has 5 heteroatoms. The van der Waals surface area contributed by atoms with E-state index >= 15 is 0 Å². The third-order valence-electron chi connectivity index (χ3n) is 4.11. The molecule has 5 nitrogen and oxygen atoms in total. The Balaban J connectivity index is 1.85. The van der Waals surface area contributed by atoms with Crippen LogP contribution in [0.4, 0.5) is 5.69 Å². The van der Waals surface area contributed by atoms with Gasteiger partial charge in [-0.15, -0.1) is 0 Å². The smallest absolute Gasteiger partial charge is 0.313 e. The van der Waals surface area contributed by atoms with Gasteiger partial charge < -0.3 is 15.4 Å². The van der Waals surface area contributed by atoms with Crippen LogP contribution >= 0.6 is 0 Å². The van der Waals surface area contributed by atoms with E-state index in [1.54, 1.807) is 30.3 Å². The predicted octanol–water partition coefficient (Wildman–Crippen LogP) is 2.88. The van der Waals surface area contributed by atoms with Gasteiger partial charge in [-0.3, -0.25) is 9.59 Å². The zero-order chi connectivity index (χ0) is 16.7. The van der Waals surface area contributed by atoms with E-state index in [1.165, 1.54) is 6.42 Å². The zero-order valence-electron chi connectivity index (χ0n) is 13.5. The van der Waals surface area contributed by atoms with Crippen molar-refractivity contribution in [2.75, 3.05) is 11.9 Å². The van der Waals surface area contributed by atoms with Crippen LogP contribution in [0, 0.1) is 5.92 Å². The second kappa shape index (κ2) is 8.36. The third-order valence-corrected chi connectivity index (χ3v) is 4.11. The van der Waals surface area contributed by atoms with Crippen LogP contribution in [0.15, 0.2) is 36.9 Å². The molecule has 2 atom stereocenters. The summed E-state index contributed by atoms with van der Waals surface area (Å²) in [5, 5.41) is 5.44. The number of carbonyl (C=O) groups excluding carboxylic acids is 2. The normalized spacial score (nSPS) is 20.4. The van der Waals surface area contributed by atoms with Crippen LogP contribution in [0.3, 0.4) is 0 Å². The summed E-state index contributed by atoms with van der Waals surface area (Å²) in [5.74, 6) is -0.108. The summed E-state index contributed by atoms with van der Waals surface area (Å²) in [4.78, 5) is 24.0. The highest BCUT2D eigenvalue weighted by Gasteiger charge is 2.25. The molecule has 0 spiro atoms. The van der Waals surface area contributed by atoms with Crippen LogP contribution in [0.25, 0.3) is 0 Å². The maximum atomic E-state index is 12.0. The van der Waals surface area contributed by atoms with Crippen molar-refractivity contribution >= 4 is 17.5 Å². The van der Waals surface area contributed by atoms with Gasteiger partial charge >= 0.3 is 11.8 Å². The molecule has 2 N–H and O–H groups in total.